The second kappa shape index (κ2) is 6.24. The largest absolute Gasteiger partial charge is 0.500 e. The summed E-state index contributed by atoms with van der Waals surface area (Å²) >= 11 is 0. The molecule has 25 heavy (non-hydrogen) atoms. The van der Waals surface area contributed by atoms with Crippen molar-refractivity contribution < 1.29 is 22.7 Å². The molecule has 1 atom stereocenters. The molecule has 0 aliphatic carbocycles. The molecule has 0 aromatic heterocycles. The van der Waals surface area contributed by atoms with E-state index in [1.54, 1.807) is 30.3 Å². The first-order chi connectivity index (χ1) is 11.8. The van der Waals surface area contributed by atoms with Gasteiger partial charge in [-0.2, -0.15) is 4.21 Å². The Morgan fingerprint density at radius 3 is 1.48 bits per heavy atom. The quantitative estimate of drug-likeness (QED) is 0.637. The molecule has 0 heterocycles. The monoisotopic (exact) mass is 376 g/mol. The number of hydrogen-bond acceptors (Lipinski definition) is 3. The van der Waals surface area contributed by atoms with Crippen LogP contribution in [0.1, 0.15) is 0 Å². The zero-order valence-corrected chi connectivity index (χ0v) is 14.8. The molecular formula is C18H17O5PS. The zero-order chi connectivity index (χ0) is 18.0. The summed E-state index contributed by atoms with van der Waals surface area (Å²) in [5.74, 6) is 0.0353. The molecule has 0 radical (unpaired) electrons. The molecule has 3 aromatic carbocycles. The first-order valence-corrected chi connectivity index (χ1v) is 11.5. The Bertz CT molecular complexity index is 931. The van der Waals surface area contributed by atoms with Crippen LogP contribution in [0.4, 0.5) is 0 Å². The molecule has 0 fully saturated rings. The standard InChI is InChI=1S/C18H17O5PS/c19-24(20,23-16-10-4-1-5-11-16)25(21,22,17-12-6-2-7-13-17)18-14-8-3-9-15-18/h1-15H,(H,19,20)(H,21,22). The summed E-state index contributed by atoms with van der Waals surface area (Å²) in [6.07, 6.45) is 0. The molecule has 0 saturated carbocycles. The van der Waals surface area contributed by atoms with Gasteiger partial charge in [-0.1, -0.05) is 54.6 Å². The third-order valence-corrected chi connectivity index (χ3v) is 11.3. The first-order valence-electron chi connectivity index (χ1n) is 7.44. The molecule has 0 saturated heterocycles. The van der Waals surface area contributed by atoms with E-state index in [0.29, 0.717) is 0 Å². The van der Waals surface area contributed by atoms with Crippen LogP contribution >= 0.6 is 6.80 Å². The molecule has 5 nitrogen and oxygen atoms in total. The van der Waals surface area contributed by atoms with Gasteiger partial charge in [-0.3, -0.25) is 9.45 Å². The second-order valence-electron chi connectivity index (χ2n) is 5.36. The van der Waals surface area contributed by atoms with E-state index in [1.807, 2.05) is 0 Å². The Hall–Kier alpha value is -2.24. The van der Waals surface area contributed by atoms with Crippen LogP contribution in [0, 0.1) is 0 Å². The summed E-state index contributed by atoms with van der Waals surface area (Å²) in [5, 5.41) is 0. The average Bonchev–Trinajstić information content (AvgIpc) is 2.64. The molecule has 0 amide bonds. The fraction of sp³-hybridized carbons (Fsp3) is 0. The van der Waals surface area contributed by atoms with Gasteiger partial charge in [-0.15, -0.1) is 0 Å². The predicted molar refractivity (Wildman–Crippen MR) is 97.1 cm³/mol. The Morgan fingerprint density at radius 1 is 0.720 bits per heavy atom. The van der Waals surface area contributed by atoms with Crippen LogP contribution < -0.4 is 4.52 Å². The van der Waals surface area contributed by atoms with Crippen LogP contribution in [-0.4, -0.2) is 13.7 Å². The van der Waals surface area contributed by atoms with Crippen LogP contribution in [0.3, 0.4) is 0 Å². The minimum Gasteiger partial charge on any atom is -0.410 e. The van der Waals surface area contributed by atoms with Crippen molar-refractivity contribution in [2.24, 2.45) is 0 Å². The van der Waals surface area contributed by atoms with Gasteiger partial charge in [0.05, 0.1) is 9.79 Å². The third-order valence-electron chi connectivity index (χ3n) is 3.73. The molecule has 1 unspecified atom stereocenters. The van der Waals surface area contributed by atoms with Gasteiger partial charge >= 0.3 is 6.80 Å². The minimum atomic E-state index is -5.46. The smallest absolute Gasteiger partial charge is 0.410 e. The van der Waals surface area contributed by atoms with Crippen molar-refractivity contribution in [2.75, 3.05) is 0 Å². The van der Waals surface area contributed by atoms with Crippen molar-refractivity contribution >= 4 is 15.8 Å². The van der Waals surface area contributed by atoms with Crippen molar-refractivity contribution in [3.8, 4) is 5.75 Å². The first kappa shape index (κ1) is 17.6. The molecule has 0 spiro atoms. The topological polar surface area (TPSA) is 83.8 Å². The van der Waals surface area contributed by atoms with Crippen molar-refractivity contribution in [2.45, 2.75) is 9.79 Å². The molecule has 0 aliphatic heterocycles. The van der Waals surface area contributed by atoms with Crippen LogP contribution in [0.5, 0.6) is 5.75 Å². The Morgan fingerprint density at radius 2 is 1.08 bits per heavy atom. The number of hydrogen-bond donors (Lipinski definition) is 2. The van der Waals surface area contributed by atoms with Gasteiger partial charge in [0.2, 0.25) is 0 Å². The third kappa shape index (κ3) is 2.83. The minimum absolute atomic E-state index is 0.0353. The fourth-order valence-corrected chi connectivity index (χ4v) is 8.05. The fourth-order valence-electron chi connectivity index (χ4n) is 2.42. The Labute approximate surface area is 145 Å². The summed E-state index contributed by atoms with van der Waals surface area (Å²) < 4.78 is 43.6. The SMILES string of the molecule is O=P(O)(Oc1ccccc1)S(=O)(O)(c1ccccc1)c1ccccc1. The van der Waals surface area contributed by atoms with Gasteiger partial charge in [0.25, 0.3) is 0 Å². The van der Waals surface area contributed by atoms with Crippen molar-refractivity contribution in [3.63, 3.8) is 0 Å². The van der Waals surface area contributed by atoms with Gasteiger partial charge in [-0.25, -0.2) is 4.57 Å². The molecule has 7 heteroatoms. The molecule has 0 bridgehead atoms. The Kier molecular flexibility index (Phi) is 4.39. The summed E-state index contributed by atoms with van der Waals surface area (Å²) in [4.78, 5) is 10.3. The van der Waals surface area contributed by atoms with Crippen LogP contribution in [0.15, 0.2) is 101 Å². The van der Waals surface area contributed by atoms with E-state index in [4.69, 9.17) is 4.52 Å². The van der Waals surface area contributed by atoms with E-state index < -0.39 is 15.8 Å². The highest BCUT2D eigenvalue weighted by atomic mass is 32.8. The molecule has 3 rings (SSSR count). The lowest BCUT2D eigenvalue weighted by atomic mass is 10.3. The van der Waals surface area contributed by atoms with Crippen molar-refractivity contribution in [1.29, 1.82) is 0 Å². The molecule has 2 N–H and O–H groups in total. The zero-order valence-electron chi connectivity index (χ0n) is 13.1. The van der Waals surface area contributed by atoms with E-state index in [-0.39, 0.29) is 15.5 Å². The maximum atomic E-state index is 13.9. The second-order valence-corrected chi connectivity index (χ2v) is 12.6. The van der Waals surface area contributed by atoms with E-state index >= 15 is 0 Å². The summed E-state index contributed by atoms with van der Waals surface area (Å²) in [6, 6.07) is 22.6. The normalized spacial score (nSPS) is 15.5. The van der Waals surface area contributed by atoms with E-state index in [2.05, 4.69) is 0 Å². The van der Waals surface area contributed by atoms with E-state index in [0.717, 1.165) is 0 Å². The number of benzene rings is 3. The maximum absolute atomic E-state index is 13.9. The van der Waals surface area contributed by atoms with E-state index in [9.17, 15) is 18.2 Å². The molecule has 0 aliphatic rings. The van der Waals surface area contributed by atoms with E-state index in [1.165, 1.54) is 60.7 Å². The lowest BCUT2D eigenvalue weighted by Crippen LogP contribution is -2.34. The predicted octanol–water partition coefficient (Wildman–Crippen LogP) is 4.58. The van der Waals surface area contributed by atoms with Gasteiger partial charge in [0.1, 0.15) is 5.75 Å². The number of para-hydroxylation sites is 1. The van der Waals surface area contributed by atoms with Crippen molar-refractivity contribution in [3.05, 3.63) is 91.0 Å². The highest BCUT2D eigenvalue weighted by Crippen LogP contribution is 2.69. The lowest BCUT2D eigenvalue weighted by molar-refractivity contribution is 0.386. The average molecular weight is 376 g/mol. The highest BCUT2D eigenvalue weighted by molar-refractivity contribution is 8.63. The maximum Gasteiger partial charge on any atom is 0.500 e. The van der Waals surface area contributed by atoms with Gasteiger partial charge in [-0.05, 0) is 45.4 Å². The van der Waals surface area contributed by atoms with Crippen LogP contribution in [-0.2, 0) is 13.5 Å². The van der Waals surface area contributed by atoms with Crippen molar-refractivity contribution in [1.82, 2.24) is 0 Å². The molecular weight excluding hydrogens is 359 g/mol. The molecule has 3 aromatic rings. The van der Waals surface area contributed by atoms with Crippen LogP contribution in [0.2, 0.25) is 0 Å². The summed E-state index contributed by atoms with van der Waals surface area (Å²) in [5.41, 5.74) is 0. The summed E-state index contributed by atoms with van der Waals surface area (Å²) in [7, 11) is -5.46. The lowest BCUT2D eigenvalue weighted by Gasteiger charge is -2.44. The van der Waals surface area contributed by atoms with Gasteiger partial charge in [0.15, 0.2) is 0 Å². The van der Waals surface area contributed by atoms with Crippen LogP contribution in [0.25, 0.3) is 0 Å². The Balaban J connectivity index is 2.26. The molecule has 130 valence electrons. The highest BCUT2D eigenvalue weighted by Gasteiger charge is 2.53. The van der Waals surface area contributed by atoms with Gasteiger partial charge in [0, 0.05) is 0 Å². The number of rotatable bonds is 5. The van der Waals surface area contributed by atoms with Gasteiger partial charge < -0.3 is 4.52 Å². The summed E-state index contributed by atoms with van der Waals surface area (Å²) in [6.45, 7) is -5.08.